The summed E-state index contributed by atoms with van der Waals surface area (Å²) >= 11 is 3.32. The summed E-state index contributed by atoms with van der Waals surface area (Å²) in [6, 6.07) is 5.90. The largest absolute Gasteiger partial charge is 0.495 e. The topological polar surface area (TPSA) is 74.5 Å². The number of nitrogens with zero attached hydrogens (tertiary/aromatic N) is 2. The predicted octanol–water partition coefficient (Wildman–Crippen LogP) is 4.98. The molecular weight excluding hydrogens is 402 g/mol. The number of methoxy groups -OCH3 is 1. The van der Waals surface area contributed by atoms with E-state index in [0.717, 1.165) is 0 Å². The van der Waals surface area contributed by atoms with Gasteiger partial charge in [0.2, 0.25) is 0 Å². The van der Waals surface area contributed by atoms with Crippen LogP contribution in [0.1, 0.15) is 0 Å². The van der Waals surface area contributed by atoms with Crippen molar-refractivity contribution in [3.05, 3.63) is 62.8 Å². The molecule has 0 aliphatic heterocycles. The van der Waals surface area contributed by atoms with E-state index in [1.54, 1.807) is 12.1 Å². The second-order valence-electron chi connectivity index (χ2n) is 4.91. The molecule has 1 heterocycles. The number of nitro groups is 1. The fraction of sp³-hybridized carbons (Fsp3) is 0.0625. The van der Waals surface area contributed by atoms with Gasteiger partial charge in [-0.1, -0.05) is 0 Å². The lowest BCUT2D eigenvalue weighted by Crippen LogP contribution is -1.97. The number of hydrogen-bond donors (Lipinski definition) is 0. The second kappa shape index (κ2) is 6.60. The van der Waals surface area contributed by atoms with E-state index in [1.165, 1.54) is 19.4 Å². The van der Waals surface area contributed by atoms with Gasteiger partial charge in [0.05, 0.1) is 34.2 Å². The highest BCUT2D eigenvalue weighted by atomic mass is 79.9. The van der Waals surface area contributed by atoms with E-state index in [9.17, 15) is 18.9 Å². The third kappa shape index (κ3) is 3.22. The van der Waals surface area contributed by atoms with Crippen molar-refractivity contribution in [3.8, 4) is 17.2 Å². The van der Waals surface area contributed by atoms with Crippen LogP contribution in [0.2, 0.25) is 0 Å². The molecule has 0 amide bonds. The van der Waals surface area contributed by atoms with Crippen molar-refractivity contribution < 1.29 is 23.2 Å². The van der Waals surface area contributed by atoms with Crippen LogP contribution >= 0.6 is 15.9 Å². The Kier molecular flexibility index (Phi) is 4.49. The minimum Gasteiger partial charge on any atom is -0.495 e. The van der Waals surface area contributed by atoms with Crippen LogP contribution in [0.4, 0.5) is 14.5 Å². The molecule has 128 valence electrons. The zero-order valence-electron chi connectivity index (χ0n) is 12.6. The molecule has 0 atom stereocenters. The molecule has 0 spiro atoms. The number of benzene rings is 2. The Morgan fingerprint density at radius 1 is 1.16 bits per heavy atom. The molecule has 0 unspecified atom stereocenters. The lowest BCUT2D eigenvalue weighted by Gasteiger charge is -2.11. The van der Waals surface area contributed by atoms with Crippen LogP contribution in [0.5, 0.6) is 17.2 Å². The lowest BCUT2D eigenvalue weighted by molar-refractivity contribution is -0.385. The number of non-ortho nitro benzene ring substituents is 1. The van der Waals surface area contributed by atoms with Crippen molar-refractivity contribution in [3.63, 3.8) is 0 Å². The molecule has 0 saturated carbocycles. The lowest BCUT2D eigenvalue weighted by atomic mass is 10.2. The van der Waals surface area contributed by atoms with E-state index in [1.807, 2.05) is 0 Å². The number of aromatic nitrogens is 1. The van der Waals surface area contributed by atoms with Gasteiger partial charge >= 0.3 is 0 Å². The molecule has 0 radical (unpaired) electrons. The van der Waals surface area contributed by atoms with Crippen molar-refractivity contribution >= 4 is 32.5 Å². The molecule has 0 bridgehead atoms. The summed E-state index contributed by atoms with van der Waals surface area (Å²) in [5.74, 6) is -2.41. The van der Waals surface area contributed by atoms with Crippen LogP contribution in [-0.2, 0) is 0 Å². The number of fused-ring (bicyclic) bond motifs is 1. The molecule has 1 aromatic heterocycles. The molecule has 3 aromatic rings. The Hall–Kier alpha value is -2.81. The zero-order chi connectivity index (χ0) is 18.1. The van der Waals surface area contributed by atoms with Gasteiger partial charge in [-0.2, -0.15) is 0 Å². The summed E-state index contributed by atoms with van der Waals surface area (Å²) in [7, 11) is 1.49. The van der Waals surface area contributed by atoms with E-state index in [-0.39, 0.29) is 5.75 Å². The molecule has 9 heteroatoms. The van der Waals surface area contributed by atoms with Crippen molar-refractivity contribution in [1.82, 2.24) is 4.98 Å². The average Bonchev–Trinajstić information content (AvgIpc) is 2.57. The zero-order valence-corrected chi connectivity index (χ0v) is 14.2. The number of pyridine rings is 1. The first kappa shape index (κ1) is 17.0. The third-order valence-corrected chi connectivity index (χ3v) is 4.00. The van der Waals surface area contributed by atoms with Gasteiger partial charge < -0.3 is 9.47 Å². The maximum atomic E-state index is 14.0. The molecule has 0 aliphatic rings. The minimum absolute atomic E-state index is 0.139. The Labute approximate surface area is 148 Å². The maximum absolute atomic E-state index is 14.0. The van der Waals surface area contributed by atoms with Crippen molar-refractivity contribution in [1.29, 1.82) is 0 Å². The average molecular weight is 411 g/mol. The van der Waals surface area contributed by atoms with Gasteiger partial charge in [-0.15, -0.1) is 0 Å². The highest BCUT2D eigenvalue weighted by molar-refractivity contribution is 9.10. The van der Waals surface area contributed by atoms with E-state index in [4.69, 9.17) is 9.47 Å². The Morgan fingerprint density at radius 2 is 1.84 bits per heavy atom. The predicted molar refractivity (Wildman–Crippen MR) is 89.1 cm³/mol. The fourth-order valence-electron chi connectivity index (χ4n) is 2.23. The monoisotopic (exact) mass is 410 g/mol. The van der Waals surface area contributed by atoms with Crippen LogP contribution in [-0.4, -0.2) is 17.0 Å². The second-order valence-corrected chi connectivity index (χ2v) is 5.77. The van der Waals surface area contributed by atoms with Gasteiger partial charge in [0.25, 0.3) is 5.69 Å². The Morgan fingerprint density at radius 3 is 2.44 bits per heavy atom. The first-order valence-corrected chi connectivity index (χ1v) is 7.63. The van der Waals surface area contributed by atoms with Gasteiger partial charge in [-0.3, -0.25) is 15.1 Å². The molecule has 0 aliphatic carbocycles. The van der Waals surface area contributed by atoms with E-state index in [0.29, 0.717) is 33.3 Å². The molecule has 0 fully saturated rings. The summed E-state index contributed by atoms with van der Waals surface area (Å²) in [5, 5.41) is 11.1. The fourth-order valence-corrected chi connectivity index (χ4v) is 2.73. The standard InChI is InChI=1S/C16H9BrF2N2O4/c1-24-15-7-13-9(6-10(15)17)14(2-3-20-13)25-16-11(18)4-8(21(22)23)5-12(16)19/h2-7H,1H3. The van der Waals surface area contributed by atoms with Crippen LogP contribution in [0, 0.1) is 21.7 Å². The quantitative estimate of drug-likeness (QED) is 0.447. The molecule has 6 nitrogen and oxygen atoms in total. The Balaban J connectivity index is 2.10. The first-order chi connectivity index (χ1) is 11.9. The minimum atomic E-state index is -1.18. The molecular formula is C16H9BrF2N2O4. The van der Waals surface area contributed by atoms with Crippen molar-refractivity contribution in [2.45, 2.75) is 0 Å². The summed E-state index contributed by atoms with van der Waals surface area (Å²) < 4.78 is 39.2. The number of rotatable bonds is 4. The normalized spacial score (nSPS) is 10.7. The van der Waals surface area contributed by atoms with Crippen molar-refractivity contribution in [2.75, 3.05) is 7.11 Å². The highest BCUT2D eigenvalue weighted by Gasteiger charge is 2.20. The van der Waals surface area contributed by atoms with Crippen LogP contribution < -0.4 is 9.47 Å². The summed E-state index contributed by atoms with van der Waals surface area (Å²) in [5.41, 5.74) is -0.213. The number of halogens is 3. The number of ether oxygens (including phenoxy) is 2. The number of nitro benzene ring substituents is 1. The summed E-state index contributed by atoms with van der Waals surface area (Å²) in [4.78, 5) is 13.9. The third-order valence-electron chi connectivity index (χ3n) is 3.38. The smallest absolute Gasteiger partial charge is 0.275 e. The van der Waals surface area contributed by atoms with E-state index < -0.39 is 28.0 Å². The maximum Gasteiger partial charge on any atom is 0.275 e. The highest BCUT2D eigenvalue weighted by Crippen LogP contribution is 2.37. The van der Waals surface area contributed by atoms with E-state index in [2.05, 4.69) is 20.9 Å². The SMILES string of the molecule is COc1cc2nccc(Oc3c(F)cc([N+](=O)[O-])cc3F)c2cc1Br. The van der Waals surface area contributed by atoms with Crippen LogP contribution in [0.15, 0.2) is 41.0 Å². The first-order valence-electron chi connectivity index (χ1n) is 6.84. The molecule has 3 rings (SSSR count). The number of hydrogen-bond acceptors (Lipinski definition) is 5. The van der Waals surface area contributed by atoms with Gasteiger partial charge in [0.15, 0.2) is 17.4 Å². The Bertz CT molecular complexity index is 974. The molecule has 0 saturated heterocycles. The van der Waals surface area contributed by atoms with Gasteiger partial charge in [-0.25, -0.2) is 8.78 Å². The van der Waals surface area contributed by atoms with Crippen LogP contribution in [0.25, 0.3) is 10.9 Å². The van der Waals surface area contributed by atoms with Crippen LogP contribution in [0.3, 0.4) is 0 Å². The van der Waals surface area contributed by atoms with Crippen molar-refractivity contribution in [2.24, 2.45) is 0 Å². The van der Waals surface area contributed by atoms with Gasteiger partial charge in [0, 0.05) is 17.6 Å². The summed E-state index contributed by atoms with van der Waals surface area (Å²) in [6.07, 6.45) is 1.41. The van der Waals surface area contributed by atoms with E-state index >= 15 is 0 Å². The van der Waals surface area contributed by atoms with Gasteiger partial charge in [-0.05, 0) is 28.1 Å². The molecule has 0 N–H and O–H groups in total. The summed E-state index contributed by atoms with van der Waals surface area (Å²) in [6.45, 7) is 0. The van der Waals surface area contributed by atoms with Gasteiger partial charge in [0.1, 0.15) is 11.5 Å². The molecule has 2 aromatic carbocycles. The molecule has 25 heavy (non-hydrogen) atoms.